The summed E-state index contributed by atoms with van der Waals surface area (Å²) in [6.07, 6.45) is 17.4. The Kier molecular flexibility index (Phi) is 8.28. The quantitative estimate of drug-likeness (QED) is 0.0970. The fourth-order valence-corrected chi connectivity index (χ4v) is 12.0. The Morgan fingerprint density at radius 2 is 1.64 bits per heavy atom. The minimum atomic E-state index is 0.107. The number of nitrogens with one attached hydrogen (secondary N) is 1. The molecule has 6 rings (SSSR count). The standard InChI is InChI=1S/C34H52N4O.C3H6/c1-30(2)24(22-8-10-23(11-9-22)29(35)37-38-36)14-17-31(3)27(30)15-18-33(5)28(31)13-12-25-26-7-6-16-34(26,21-39)20-19-32(25,33)4;1-3-2/h8-11,14,25-28,38-39H,6-7,12-13,15-21,36H2,1-5H3,(H2,35,37);3H,1H2,2H3/t25?,26?,27?,28?,31?,32-,33?,34?;/m1./s1. The molecule has 5 nitrogen and oxygen atoms in total. The third-order valence-electron chi connectivity index (χ3n) is 14.1. The number of hydrogen-bond donors (Lipinski definition) is 4. The van der Waals surface area contributed by atoms with E-state index in [0.717, 1.165) is 23.3 Å². The van der Waals surface area contributed by atoms with Crippen LogP contribution in [0.1, 0.15) is 117 Å². The molecule has 0 spiro atoms. The Hall–Kier alpha value is -2.11. The van der Waals surface area contributed by atoms with Crippen molar-refractivity contribution in [3.05, 3.63) is 54.1 Å². The van der Waals surface area contributed by atoms with Gasteiger partial charge in [-0.15, -0.1) is 11.7 Å². The van der Waals surface area contributed by atoms with Crippen molar-refractivity contribution < 1.29 is 5.11 Å². The zero-order chi connectivity index (χ0) is 30.6. The van der Waals surface area contributed by atoms with Crippen LogP contribution < -0.4 is 17.1 Å². The van der Waals surface area contributed by atoms with E-state index in [0.29, 0.717) is 34.6 Å². The van der Waals surface area contributed by atoms with Crippen LogP contribution in [0.25, 0.3) is 5.57 Å². The predicted molar refractivity (Wildman–Crippen MR) is 176 cm³/mol. The van der Waals surface area contributed by atoms with Gasteiger partial charge in [0, 0.05) is 12.2 Å². The number of hydrazine groups is 1. The van der Waals surface area contributed by atoms with Crippen molar-refractivity contribution >= 4 is 11.4 Å². The van der Waals surface area contributed by atoms with Crippen LogP contribution in [-0.4, -0.2) is 17.5 Å². The van der Waals surface area contributed by atoms with Crippen molar-refractivity contribution in [2.75, 3.05) is 6.61 Å². The van der Waals surface area contributed by atoms with Crippen LogP contribution in [-0.2, 0) is 0 Å². The maximum absolute atomic E-state index is 10.5. The van der Waals surface area contributed by atoms with E-state index in [-0.39, 0.29) is 10.8 Å². The van der Waals surface area contributed by atoms with Crippen LogP contribution in [0.15, 0.2) is 48.1 Å². The van der Waals surface area contributed by atoms with E-state index in [1.807, 2.05) is 6.92 Å². The number of nitrogens with zero attached hydrogens (tertiary/aromatic N) is 1. The molecule has 42 heavy (non-hydrogen) atoms. The summed E-state index contributed by atoms with van der Waals surface area (Å²) in [5, 5.41) is 14.5. The molecule has 232 valence electrons. The fraction of sp³-hybridized carbons (Fsp3) is 0.703. The number of nitrogens with two attached hydrogens (primary N) is 2. The molecule has 8 atom stereocenters. The molecule has 7 unspecified atom stereocenters. The van der Waals surface area contributed by atoms with E-state index < -0.39 is 0 Å². The van der Waals surface area contributed by atoms with Crippen LogP contribution in [0.4, 0.5) is 0 Å². The SMILES string of the molecule is C=CC.CC1(C)C(c2ccc(/C(N)=N/NN)cc2)=CCC2(C)C1CCC1(C)C2CCC2C3CCCC3(CO)CC[C@]21C. The van der Waals surface area contributed by atoms with Crippen molar-refractivity contribution in [3.63, 3.8) is 0 Å². The van der Waals surface area contributed by atoms with Crippen LogP contribution in [0.2, 0.25) is 0 Å². The first kappa shape index (κ1) is 31.3. The maximum atomic E-state index is 10.5. The van der Waals surface area contributed by atoms with Gasteiger partial charge >= 0.3 is 0 Å². The van der Waals surface area contributed by atoms with Crippen LogP contribution in [0.3, 0.4) is 0 Å². The number of hydrazone groups is 1. The summed E-state index contributed by atoms with van der Waals surface area (Å²) in [6.45, 7) is 18.7. The first-order chi connectivity index (χ1) is 19.9. The topological polar surface area (TPSA) is 96.7 Å². The Balaban J connectivity index is 0.00000113. The lowest BCUT2D eigenvalue weighted by Gasteiger charge is -2.72. The molecule has 1 aromatic rings. The average molecular weight is 575 g/mol. The van der Waals surface area contributed by atoms with Gasteiger partial charge in [-0.2, -0.15) is 0 Å². The first-order valence-corrected chi connectivity index (χ1v) is 16.7. The van der Waals surface area contributed by atoms with Gasteiger partial charge in [-0.3, -0.25) is 0 Å². The van der Waals surface area contributed by atoms with Gasteiger partial charge in [0.15, 0.2) is 5.84 Å². The van der Waals surface area contributed by atoms with Crippen LogP contribution in [0, 0.1) is 50.7 Å². The van der Waals surface area contributed by atoms with Gasteiger partial charge in [0.25, 0.3) is 0 Å². The summed E-state index contributed by atoms with van der Waals surface area (Å²) >= 11 is 0. The molecule has 1 aromatic carbocycles. The number of amidine groups is 1. The second-order valence-corrected chi connectivity index (χ2v) is 15.8. The van der Waals surface area contributed by atoms with E-state index in [1.54, 1.807) is 6.08 Å². The summed E-state index contributed by atoms with van der Waals surface area (Å²) in [7, 11) is 0. The molecule has 0 heterocycles. The maximum Gasteiger partial charge on any atom is 0.152 e. The summed E-state index contributed by atoms with van der Waals surface area (Å²) in [6, 6.07) is 8.55. The molecule has 0 aromatic heterocycles. The third-order valence-corrected chi connectivity index (χ3v) is 14.1. The van der Waals surface area contributed by atoms with E-state index in [4.69, 9.17) is 11.6 Å². The molecule has 0 saturated heterocycles. The second kappa shape index (κ2) is 11.1. The van der Waals surface area contributed by atoms with Gasteiger partial charge in [-0.05, 0) is 127 Å². The van der Waals surface area contributed by atoms with Gasteiger partial charge in [0.2, 0.25) is 0 Å². The molecule has 5 heteroatoms. The largest absolute Gasteiger partial charge is 0.396 e. The van der Waals surface area contributed by atoms with Gasteiger partial charge in [0.1, 0.15) is 0 Å². The normalized spacial score (nSPS) is 42.0. The molecule has 4 saturated carbocycles. The highest BCUT2D eigenvalue weighted by atomic mass is 16.3. The van der Waals surface area contributed by atoms with Crippen LogP contribution >= 0.6 is 0 Å². The van der Waals surface area contributed by atoms with Crippen molar-refractivity contribution in [2.24, 2.45) is 67.4 Å². The van der Waals surface area contributed by atoms with Crippen LogP contribution in [0.5, 0.6) is 0 Å². The Bertz CT molecular complexity index is 1220. The number of aliphatic hydroxyl groups excluding tert-OH is 1. The molecule has 4 fully saturated rings. The van der Waals surface area contributed by atoms with E-state index in [9.17, 15) is 5.11 Å². The number of aliphatic hydroxyl groups is 1. The van der Waals surface area contributed by atoms with Gasteiger partial charge in [-0.25, -0.2) is 11.4 Å². The molecule has 0 bridgehead atoms. The molecule has 6 N–H and O–H groups in total. The first-order valence-electron chi connectivity index (χ1n) is 16.7. The second-order valence-electron chi connectivity index (χ2n) is 15.8. The molecule has 0 radical (unpaired) electrons. The third kappa shape index (κ3) is 4.43. The molecular formula is C37H58N4O. The monoisotopic (exact) mass is 574 g/mol. The molecule has 0 amide bonds. The number of benzene rings is 1. The zero-order valence-electron chi connectivity index (χ0n) is 27.3. The predicted octanol–water partition coefficient (Wildman–Crippen LogP) is 7.80. The smallest absolute Gasteiger partial charge is 0.152 e. The van der Waals surface area contributed by atoms with Gasteiger partial charge < -0.3 is 10.8 Å². The molecule has 5 aliphatic rings. The highest BCUT2D eigenvalue weighted by Gasteiger charge is 2.69. The Morgan fingerprint density at radius 1 is 0.952 bits per heavy atom. The van der Waals surface area contributed by atoms with E-state index >= 15 is 0 Å². The number of hydrogen-bond acceptors (Lipinski definition) is 4. The van der Waals surface area contributed by atoms with Gasteiger partial charge in [0.05, 0.1) is 0 Å². The highest BCUT2D eigenvalue weighted by molar-refractivity contribution is 5.97. The summed E-state index contributed by atoms with van der Waals surface area (Å²) in [4.78, 5) is 0. The Labute approximate surface area is 255 Å². The van der Waals surface area contributed by atoms with Gasteiger partial charge in [-0.1, -0.05) is 77.5 Å². The Morgan fingerprint density at radius 3 is 2.29 bits per heavy atom. The lowest BCUT2D eigenvalue weighted by atomic mass is 9.33. The van der Waals surface area contributed by atoms with E-state index in [2.05, 4.69) is 82.2 Å². The summed E-state index contributed by atoms with van der Waals surface area (Å²) in [5.41, 5.74) is 13.4. The summed E-state index contributed by atoms with van der Waals surface area (Å²) in [5.74, 6) is 8.68. The van der Waals surface area contributed by atoms with Crippen molar-refractivity contribution in [2.45, 2.75) is 106 Å². The lowest BCUT2D eigenvalue weighted by Crippen LogP contribution is -2.65. The van der Waals surface area contributed by atoms with E-state index in [1.165, 1.54) is 75.3 Å². The van der Waals surface area contributed by atoms with Crippen molar-refractivity contribution in [1.82, 2.24) is 5.53 Å². The molecule has 5 aliphatic carbocycles. The molecular weight excluding hydrogens is 516 g/mol. The number of fused-ring (bicyclic) bond motifs is 7. The highest BCUT2D eigenvalue weighted by Crippen LogP contribution is 2.77. The number of rotatable bonds is 4. The lowest BCUT2D eigenvalue weighted by molar-refractivity contribution is -0.225. The fourth-order valence-electron chi connectivity index (χ4n) is 12.0. The molecule has 0 aliphatic heterocycles. The minimum absolute atomic E-state index is 0.107. The zero-order valence-corrected chi connectivity index (χ0v) is 27.3. The average Bonchev–Trinajstić information content (AvgIpc) is 3.39. The summed E-state index contributed by atoms with van der Waals surface area (Å²) < 4.78 is 0. The minimum Gasteiger partial charge on any atom is -0.396 e. The number of allylic oxidation sites excluding steroid dienone is 3. The van der Waals surface area contributed by atoms with Crippen molar-refractivity contribution in [3.8, 4) is 0 Å². The van der Waals surface area contributed by atoms with Crippen molar-refractivity contribution in [1.29, 1.82) is 0 Å².